The van der Waals surface area contributed by atoms with Crippen LogP contribution < -0.4 is 15.8 Å². The van der Waals surface area contributed by atoms with Gasteiger partial charge in [0.1, 0.15) is 0 Å². The Morgan fingerprint density at radius 2 is 0.946 bits per heavy atom. The van der Waals surface area contributed by atoms with E-state index in [0.717, 1.165) is 44.9 Å². The molecule has 8 heteroatoms. The average molecular weight is 984 g/mol. The molecule has 0 unspecified atom stereocenters. The second-order valence-electron chi connectivity index (χ2n) is 19.1. The maximum atomic E-state index is 5.18. The molecule has 0 atom stereocenters. The molecule has 74 heavy (non-hydrogen) atoms. The number of rotatable bonds is 9. The van der Waals surface area contributed by atoms with Gasteiger partial charge < -0.3 is 9.38 Å². The average Bonchev–Trinajstić information content (AvgIpc) is 3.83. The molecule has 12 aromatic rings. The number of benzene rings is 10. The molecule has 0 fully saturated rings. The van der Waals surface area contributed by atoms with Crippen LogP contribution in [-0.4, -0.2) is 38.8 Å². The van der Waals surface area contributed by atoms with Crippen molar-refractivity contribution in [3.63, 3.8) is 0 Å². The molecule has 2 aromatic heterocycles. The van der Waals surface area contributed by atoms with Crippen molar-refractivity contribution >= 4 is 80.2 Å². The lowest BCUT2D eigenvalue weighted by Crippen LogP contribution is -2.57. The zero-order chi connectivity index (χ0) is 49.4. The van der Waals surface area contributed by atoms with Gasteiger partial charge in [0.15, 0.2) is 17.5 Å². The van der Waals surface area contributed by atoms with Crippen molar-refractivity contribution in [1.82, 2.24) is 19.4 Å². The van der Waals surface area contributed by atoms with Gasteiger partial charge in [0.25, 0.3) is 0 Å². The van der Waals surface area contributed by atoms with Gasteiger partial charge in [-0.1, -0.05) is 164 Å². The van der Waals surface area contributed by atoms with E-state index in [4.69, 9.17) is 15.0 Å². The van der Waals surface area contributed by atoms with E-state index in [0.29, 0.717) is 17.5 Å². The summed E-state index contributed by atoms with van der Waals surface area (Å²) in [5.74, 6) is 1.91. The Balaban J connectivity index is 1.06. The first-order chi connectivity index (χ1) is 36.5. The smallest absolute Gasteiger partial charge is 0.333 e. The lowest BCUT2D eigenvalue weighted by atomic mass is 9.44. The van der Waals surface area contributed by atoms with Crippen LogP contribution in [0.3, 0.4) is 0 Å². The van der Waals surface area contributed by atoms with Gasteiger partial charge >= 0.3 is 6.85 Å². The standard InChI is InChI=1S/C66H46BN5S2/c1-41-53(48-25-16-26-49(35-48)66-69-64(45-21-12-6-13-22-45)68-65(70-66)46-23-14-7-15-24-46)40-60-62-61(41)56-39-52(74-3)38-55-54-37-51(73-2)32-34-58(54)72(63(55)56)67(62)57-36-47(43-19-10-5-11-20-43)29-33-59(57)71(60)50-30-27-44(28-31-50)42-17-8-4-9-18-42/h4-40H,1-3H3. The van der Waals surface area contributed by atoms with Gasteiger partial charge in [-0.15, -0.1) is 23.5 Å². The summed E-state index contributed by atoms with van der Waals surface area (Å²) in [6, 6.07) is 81.4. The monoisotopic (exact) mass is 983 g/mol. The number of hydrogen-bond donors (Lipinski definition) is 0. The fourth-order valence-electron chi connectivity index (χ4n) is 11.6. The summed E-state index contributed by atoms with van der Waals surface area (Å²) >= 11 is 3.61. The highest BCUT2D eigenvalue weighted by Crippen LogP contribution is 2.50. The van der Waals surface area contributed by atoms with Gasteiger partial charge in [0.2, 0.25) is 0 Å². The van der Waals surface area contributed by atoms with Crippen molar-refractivity contribution in [2.75, 3.05) is 17.4 Å². The third-order valence-electron chi connectivity index (χ3n) is 15.0. The lowest BCUT2D eigenvalue weighted by molar-refractivity contribution is 1.07. The second-order valence-corrected chi connectivity index (χ2v) is 20.8. The third kappa shape index (κ3) is 7.23. The zero-order valence-electron chi connectivity index (χ0n) is 41.0. The van der Waals surface area contributed by atoms with Crippen molar-refractivity contribution in [3.8, 4) is 78.7 Å². The largest absolute Gasteiger partial charge is 0.375 e. The van der Waals surface area contributed by atoms with Crippen LogP contribution in [0.1, 0.15) is 5.56 Å². The predicted octanol–water partition coefficient (Wildman–Crippen LogP) is 16.2. The van der Waals surface area contributed by atoms with Crippen LogP contribution in [0.15, 0.2) is 234 Å². The lowest BCUT2D eigenvalue weighted by Gasteiger charge is -2.42. The number of aromatic nitrogens is 4. The first kappa shape index (κ1) is 44.3. The molecule has 0 radical (unpaired) electrons. The molecule has 350 valence electrons. The van der Waals surface area contributed by atoms with Gasteiger partial charge in [0, 0.05) is 70.9 Å². The molecule has 0 saturated heterocycles. The molecule has 2 aliphatic heterocycles. The number of anilines is 3. The molecule has 4 heterocycles. The van der Waals surface area contributed by atoms with Crippen molar-refractivity contribution in [1.29, 1.82) is 0 Å². The normalized spacial score (nSPS) is 12.3. The van der Waals surface area contributed by atoms with Crippen LogP contribution in [0, 0.1) is 6.92 Å². The van der Waals surface area contributed by atoms with Crippen LogP contribution in [0.5, 0.6) is 0 Å². The SMILES string of the molecule is CSc1ccc2c(c1)c1cc(SC)cc3c1n2B1c2cc(-c4ccccc4)ccc2N(c2ccc(-c4ccccc4)cc2)c2cc(-c4cccc(-c5nc(-c6ccccc6)nc(-c6ccccc6)n5)c4)c(C)c-3c21. The minimum absolute atomic E-state index is 0.122. The molecule has 0 bridgehead atoms. The van der Waals surface area contributed by atoms with Crippen LogP contribution >= 0.6 is 23.5 Å². The summed E-state index contributed by atoms with van der Waals surface area (Å²) in [5.41, 5.74) is 22.1. The molecule has 5 nitrogen and oxygen atoms in total. The fourth-order valence-corrected chi connectivity index (χ4v) is 12.5. The molecule has 10 aromatic carbocycles. The van der Waals surface area contributed by atoms with Crippen LogP contribution in [0.4, 0.5) is 17.1 Å². The molecule has 0 saturated carbocycles. The second kappa shape index (κ2) is 18.0. The minimum Gasteiger partial charge on any atom is -0.375 e. The van der Waals surface area contributed by atoms with Crippen LogP contribution in [0.2, 0.25) is 0 Å². The summed E-state index contributed by atoms with van der Waals surface area (Å²) < 4.78 is 2.68. The van der Waals surface area contributed by atoms with Crippen molar-refractivity contribution in [2.45, 2.75) is 16.7 Å². The topological polar surface area (TPSA) is 46.8 Å². The summed E-state index contributed by atoms with van der Waals surface area (Å²) in [5, 5.41) is 2.57. The van der Waals surface area contributed by atoms with E-state index in [1.807, 2.05) is 48.2 Å². The van der Waals surface area contributed by atoms with Gasteiger partial charge in [0.05, 0.1) is 0 Å². The predicted molar refractivity (Wildman–Crippen MR) is 314 cm³/mol. The Morgan fingerprint density at radius 3 is 1.58 bits per heavy atom. The Labute approximate surface area is 439 Å². The van der Waals surface area contributed by atoms with Gasteiger partial charge in [-0.3, -0.25) is 0 Å². The molecule has 0 amide bonds. The Bertz CT molecular complexity index is 4110. The zero-order valence-corrected chi connectivity index (χ0v) is 42.6. The highest BCUT2D eigenvalue weighted by atomic mass is 32.2. The number of thioether (sulfide) groups is 2. The van der Waals surface area contributed by atoms with E-state index in [9.17, 15) is 0 Å². The maximum absolute atomic E-state index is 5.18. The number of hydrogen-bond acceptors (Lipinski definition) is 6. The van der Waals surface area contributed by atoms with E-state index in [1.165, 1.54) is 81.5 Å². The van der Waals surface area contributed by atoms with E-state index in [-0.39, 0.29) is 6.85 Å². The summed E-state index contributed by atoms with van der Waals surface area (Å²) in [6.45, 7) is 2.22. The van der Waals surface area contributed by atoms with Crippen molar-refractivity contribution in [3.05, 3.63) is 230 Å². The van der Waals surface area contributed by atoms with E-state index >= 15 is 0 Å². The molecular weight excluding hydrogens is 938 g/mol. The highest BCUT2D eigenvalue weighted by Gasteiger charge is 2.44. The molecule has 0 aliphatic carbocycles. The summed E-state index contributed by atoms with van der Waals surface area (Å²) in [4.78, 5) is 20.4. The van der Waals surface area contributed by atoms with Crippen LogP contribution in [-0.2, 0) is 0 Å². The molecular formula is C66H46BN5S2. The first-order valence-corrected chi connectivity index (χ1v) is 27.5. The maximum Gasteiger partial charge on any atom is 0.333 e. The summed E-state index contributed by atoms with van der Waals surface area (Å²) in [6.07, 6.45) is 4.37. The Kier molecular flexibility index (Phi) is 10.7. The summed E-state index contributed by atoms with van der Waals surface area (Å²) in [7, 11) is 0. The number of fused-ring (bicyclic) bond motifs is 7. The minimum atomic E-state index is -0.122. The van der Waals surface area contributed by atoms with E-state index in [1.54, 1.807) is 11.8 Å². The van der Waals surface area contributed by atoms with Crippen molar-refractivity contribution < 1.29 is 0 Å². The van der Waals surface area contributed by atoms with Crippen LogP contribution in [0.25, 0.3) is 100 Å². The fraction of sp³-hybridized carbons (Fsp3) is 0.0455. The van der Waals surface area contributed by atoms with Gasteiger partial charge in [-0.2, -0.15) is 0 Å². The third-order valence-corrected chi connectivity index (χ3v) is 16.4. The first-order valence-electron chi connectivity index (χ1n) is 25.0. The van der Waals surface area contributed by atoms with Crippen molar-refractivity contribution in [2.24, 2.45) is 0 Å². The van der Waals surface area contributed by atoms with Gasteiger partial charge in [-0.05, 0) is 136 Å². The Morgan fingerprint density at radius 1 is 0.405 bits per heavy atom. The molecule has 0 spiro atoms. The molecule has 0 N–H and O–H groups in total. The van der Waals surface area contributed by atoms with Gasteiger partial charge in [-0.25, -0.2) is 15.0 Å². The number of nitrogens with zero attached hydrogens (tertiary/aromatic N) is 5. The van der Waals surface area contributed by atoms with E-state index < -0.39 is 0 Å². The molecule has 2 aliphatic rings. The van der Waals surface area contributed by atoms with E-state index in [2.05, 4.69) is 217 Å². The highest BCUT2D eigenvalue weighted by molar-refractivity contribution is 7.98. The molecule has 14 rings (SSSR count). The quantitative estimate of drug-likeness (QED) is 0.106. The Hall–Kier alpha value is -8.43.